The summed E-state index contributed by atoms with van der Waals surface area (Å²) >= 11 is 0. The van der Waals surface area contributed by atoms with Crippen LogP contribution in [-0.2, 0) is 0 Å². The molecule has 1 aromatic heterocycles. The number of aromatic nitrogens is 1. The van der Waals surface area contributed by atoms with Gasteiger partial charge in [-0.1, -0.05) is 6.07 Å². The van der Waals surface area contributed by atoms with Crippen molar-refractivity contribution in [3.05, 3.63) is 29.6 Å². The quantitative estimate of drug-likeness (QED) is 0.870. The molecule has 0 radical (unpaired) electrons. The molecule has 2 amide bonds. The van der Waals surface area contributed by atoms with Crippen molar-refractivity contribution >= 4 is 11.8 Å². The fourth-order valence-corrected chi connectivity index (χ4v) is 1.50. The summed E-state index contributed by atoms with van der Waals surface area (Å²) in [6.07, 6.45) is 0. The Morgan fingerprint density at radius 1 is 0.850 bits per heavy atom. The molecule has 1 heterocycles. The van der Waals surface area contributed by atoms with E-state index in [2.05, 4.69) is 15.6 Å². The molecule has 0 bridgehead atoms. The maximum absolute atomic E-state index is 12.0. The van der Waals surface area contributed by atoms with E-state index in [0.717, 1.165) is 0 Å². The molecule has 0 fully saturated rings. The molecule has 1 rings (SSSR count). The van der Waals surface area contributed by atoms with Crippen molar-refractivity contribution < 1.29 is 9.59 Å². The van der Waals surface area contributed by atoms with Gasteiger partial charge in [-0.2, -0.15) is 0 Å². The SMILES string of the molecule is CC(C)(C)NC(=O)c1cccc(C(=O)NC(C)(C)C)n1. The van der Waals surface area contributed by atoms with Crippen molar-refractivity contribution in [3.8, 4) is 0 Å². The molecular weight excluding hydrogens is 254 g/mol. The van der Waals surface area contributed by atoms with Crippen LogP contribution in [0.5, 0.6) is 0 Å². The number of pyridine rings is 1. The topological polar surface area (TPSA) is 71.1 Å². The van der Waals surface area contributed by atoms with Crippen LogP contribution >= 0.6 is 0 Å². The standard InChI is InChI=1S/C15H23N3O2/c1-14(2,3)17-12(19)10-8-7-9-11(16-10)13(20)18-15(4,5)6/h7-9H,1-6H3,(H,17,19)(H,18,20). The Morgan fingerprint density at radius 2 is 1.20 bits per heavy atom. The zero-order valence-corrected chi connectivity index (χ0v) is 13.0. The van der Waals surface area contributed by atoms with Crippen molar-refractivity contribution in [3.63, 3.8) is 0 Å². The zero-order valence-electron chi connectivity index (χ0n) is 13.0. The lowest BCUT2D eigenvalue weighted by molar-refractivity contribution is 0.0911. The van der Waals surface area contributed by atoms with E-state index < -0.39 is 0 Å². The van der Waals surface area contributed by atoms with Gasteiger partial charge in [0.15, 0.2) is 0 Å². The van der Waals surface area contributed by atoms with Gasteiger partial charge >= 0.3 is 0 Å². The van der Waals surface area contributed by atoms with E-state index in [-0.39, 0.29) is 34.3 Å². The van der Waals surface area contributed by atoms with E-state index >= 15 is 0 Å². The largest absolute Gasteiger partial charge is 0.346 e. The van der Waals surface area contributed by atoms with Crippen molar-refractivity contribution in [2.75, 3.05) is 0 Å². The highest BCUT2D eigenvalue weighted by molar-refractivity contribution is 5.96. The molecule has 2 N–H and O–H groups in total. The first-order chi connectivity index (χ1) is 8.98. The maximum atomic E-state index is 12.0. The monoisotopic (exact) mass is 277 g/mol. The molecule has 0 saturated carbocycles. The first-order valence-corrected chi connectivity index (χ1v) is 6.60. The molecule has 0 spiro atoms. The van der Waals surface area contributed by atoms with Crippen LogP contribution in [0.4, 0.5) is 0 Å². The van der Waals surface area contributed by atoms with Crippen molar-refractivity contribution in [1.29, 1.82) is 0 Å². The Bertz CT molecular complexity index is 467. The third-order valence-electron chi connectivity index (χ3n) is 2.19. The van der Waals surface area contributed by atoms with E-state index in [1.807, 2.05) is 41.5 Å². The molecule has 1 aromatic rings. The van der Waals surface area contributed by atoms with Gasteiger partial charge in [0.2, 0.25) is 0 Å². The average Bonchev–Trinajstić information content (AvgIpc) is 2.24. The number of hydrogen-bond acceptors (Lipinski definition) is 3. The second-order valence-corrected chi connectivity index (χ2v) is 6.82. The van der Waals surface area contributed by atoms with Gasteiger partial charge < -0.3 is 10.6 Å². The van der Waals surface area contributed by atoms with Crippen LogP contribution < -0.4 is 10.6 Å². The Hall–Kier alpha value is -1.91. The van der Waals surface area contributed by atoms with Gasteiger partial charge in [-0.3, -0.25) is 9.59 Å². The number of rotatable bonds is 2. The van der Waals surface area contributed by atoms with Gasteiger partial charge in [0.05, 0.1) is 0 Å². The van der Waals surface area contributed by atoms with E-state index in [9.17, 15) is 9.59 Å². The van der Waals surface area contributed by atoms with E-state index in [4.69, 9.17) is 0 Å². The minimum Gasteiger partial charge on any atom is -0.346 e. The number of carbonyl (C=O) groups is 2. The lowest BCUT2D eigenvalue weighted by Crippen LogP contribution is -2.42. The van der Waals surface area contributed by atoms with Crippen LogP contribution in [0.3, 0.4) is 0 Å². The van der Waals surface area contributed by atoms with Gasteiger partial charge in [0.1, 0.15) is 11.4 Å². The fourth-order valence-electron chi connectivity index (χ4n) is 1.50. The molecule has 0 aliphatic heterocycles. The molecule has 0 saturated heterocycles. The summed E-state index contributed by atoms with van der Waals surface area (Å²) in [7, 11) is 0. The van der Waals surface area contributed by atoms with Crippen LogP contribution in [0.2, 0.25) is 0 Å². The Balaban J connectivity index is 2.91. The second kappa shape index (κ2) is 5.61. The summed E-state index contributed by atoms with van der Waals surface area (Å²) in [4.78, 5) is 28.1. The second-order valence-electron chi connectivity index (χ2n) is 6.82. The summed E-state index contributed by atoms with van der Waals surface area (Å²) in [6, 6.07) is 4.84. The third kappa shape index (κ3) is 5.38. The number of carbonyl (C=O) groups excluding carboxylic acids is 2. The predicted molar refractivity (Wildman–Crippen MR) is 78.7 cm³/mol. The van der Waals surface area contributed by atoms with Crippen LogP contribution in [-0.4, -0.2) is 27.9 Å². The molecule has 0 atom stereocenters. The highest BCUT2D eigenvalue weighted by atomic mass is 16.2. The van der Waals surface area contributed by atoms with Gasteiger partial charge in [-0.05, 0) is 53.7 Å². The summed E-state index contributed by atoms with van der Waals surface area (Å²) < 4.78 is 0. The van der Waals surface area contributed by atoms with Gasteiger partial charge in [-0.15, -0.1) is 0 Å². The van der Waals surface area contributed by atoms with Crippen molar-refractivity contribution in [1.82, 2.24) is 15.6 Å². The van der Waals surface area contributed by atoms with E-state index in [1.54, 1.807) is 18.2 Å². The molecule has 0 aliphatic rings. The predicted octanol–water partition coefficient (Wildman–Crippen LogP) is 2.14. The van der Waals surface area contributed by atoms with Crippen LogP contribution in [0.25, 0.3) is 0 Å². The van der Waals surface area contributed by atoms with Crippen molar-refractivity contribution in [2.24, 2.45) is 0 Å². The smallest absolute Gasteiger partial charge is 0.270 e. The number of nitrogens with zero attached hydrogens (tertiary/aromatic N) is 1. The zero-order chi connectivity index (χ0) is 15.6. The highest BCUT2D eigenvalue weighted by Crippen LogP contribution is 2.06. The number of nitrogens with one attached hydrogen (secondary N) is 2. The number of amides is 2. The summed E-state index contributed by atoms with van der Waals surface area (Å²) in [5.74, 6) is -0.578. The first-order valence-electron chi connectivity index (χ1n) is 6.60. The summed E-state index contributed by atoms with van der Waals surface area (Å²) in [5.41, 5.74) is -0.215. The molecule has 0 unspecified atom stereocenters. The van der Waals surface area contributed by atoms with Crippen LogP contribution in [0.1, 0.15) is 62.5 Å². The minimum absolute atomic E-state index is 0.237. The van der Waals surface area contributed by atoms with E-state index in [1.165, 1.54) is 0 Å². The van der Waals surface area contributed by atoms with Gasteiger partial charge in [-0.25, -0.2) is 4.98 Å². The number of hydrogen-bond donors (Lipinski definition) is 2. The molecule has 20 heavy (non-hydrogen) atoms. The normalized spacial score (nSPS) is 11.9. The Morgan fingerprint density at radius 3 is 1.50 bits per heavy atom. The lowest BCUT2D eigenvalue weighted by Gasteiger charge is -2.21. The molecule has 0 aromatic carbocycles. The Labute approximate surface area is 120 Å². The van der Waals surface area contributed by atoms with Crippen LogP contribution in [0.15, 0.2) is 18.2 Å². The average molecular weight is 277 g/mol. The van der Waals surface area contributed by atoms with Crippen LogP contribution in [0, 0.1) is 0 Å². The molecular formula is C15H23N3O2. The highest BCUT2D eigenvalue weighted by Gasteiger charge is 2.19. The van der Waals surface area contributed by atoms with Crippen molar-refractivity contribution in [2.45, 2.75) is 52.6 Å². The molecule has 0 aliphatic carbocycles. The van der Waals surface area contributed by atoms with Gasteiger partial charge in [0, 0.05) is 11.1 Å². The maximum Gasteiger partial charge on any atom is 0.270 e. The minimum atomic E-state index is -0.345. The van der Waals surface area contributed by atoms with Gasteiger partial charge in [0.25, 0.3) is 11.8 Å². The summed E-state index contributed by atoms with van der Waals surface area (Å²) in [6.45, 7) is 11.3. The first kappa shape index (κ1) is 16.1. The fraction of sp³-hybridized carbons (Fsp3) is 0.533. The summed E-state index contributed by atoms with van der Waals surface area (Å²) in [5, 5.41) is 5.63. The third-order valence-corrected chi connectivity index (χ3v) is 2.19. The Kier molecular flexibility index (Phi) is 4.53. The molecule has 110 valence electrons. The molecule has 5 nitrogen and oxygen atoms in total. The lowest BCUT2D eigenvalue weighted by atomic mass is 10.1. The van der Waals surface area contributed by atoms with E-state index in [0.29, 0.717) is 0 Å². The molecule has 5 heteroatoms.